The molecule has 0 amide bonds. The van der Waals surface area contributed by atoms with E-state index in [4.69, 9.17) is 9.47 Å². The second-order valence-corrected chi connectivity index (χ2v) is 6.55. The quantitative estimate of drug-likeness (QED) is 0.870. The van der Waals surface area contributed by atoms with Crippen LogP contribution in [0, 0.1) is 6.92 Å². The zero-order valence-electron chi connectivity index (χ0n) is 12.0. The molecule has 0 fully saturated rings. The Morgan fingerprint density at radius 1 is 0.952 bits per heavy atom. The maximum absolute atomic E-state index is 12.4. The van der Waals surface area contributed by atoms with Crippen LogP contribution in [0.5, 0.6) is 11.5 Å². The standard InChI is InChI=1S/C17H18O3S/c1-13-5-2-3-6-14(13)11-21(18)12-15-7-4-8-16-17(15)20-10-9-19-16/h2-8H,9-12H2,1H3. The van der Waals surface area contributed by atoms with E-state index in [0.717, 1.165) is 22.6 Å². The van der Waals surface area contributed by atoms with Gasteiger partial charge in [0.25, 0.3) is 0 Å². The first-order chi connectivity index (χ1) is 10.2. The number of rotatable bonds is 4. The average Bonchev–Trinajstić information content (AvgIpc) is 2.50. The third-order valence-electron chi connectivity index (χ3n) is 3.54. The molecule has 0 radical (unpaired) electrons. The van der Waals surface area contributed by atoms with E-state index >= 15 is 0 Å². The number of benzene rings is 2. The number of hydrogen-bond acceptors (Lipinski definition) is 3. The highest BCUT2D eigenvalue weighted by molar-refractivity contribution is 7.83. The molecule has 0 aromatic heterocycles. The van der Waals surface area contributed by atoms with Gasteiger partial charge in [-0.1, -0.05) is 36.4 Å². The smallest absolute Gasteiger partial charge is 0.165 e. The maximum atomic E-state index is 12.4. The average molecular weight is 302 g/mol. The lowest BCUT2D eigenvalue weighted by Crippen LogP contribution is -2.17. The summed E-state index contributed by atoms with van der Waals surface area (Å²) in [6.07, 6.45) is 0. The fourth-order valence-corrected chi connectivity index (χ4v) is 3.76. The van der Waals surface area contributed by atoms with Gasteiger partial charge >= 0.3 is 0 Å². The van der Waals surface area contributed by atoms with Crippen LogP contribution in [0.1, 0.15) is 16.7 Å². The van der Waals surface area contributed by atoms with E-state index in [1.165, 1.54) is 5.56 Å². The van der Waals surface area contributed by atoms with Crippen molar-refractivity contribution in [3.63, 3.8) is 0 Å². The molecule has 0 saturated carbocycles. The van der Waals surface area contributed by atoms with Crippen LogP contribution in [-0.4, -0.2) is 17.4 Å². The normalized spacial score (nSPS) is 14.7. The van der Waals surface area contributed by atoms with Crippen molar-refractivity contribution in [1.29, 1.82) is 0 Å². The molecule has 0 aliphatic carbocycles. The molecule has 1 aliphatic heterocycles. The van der Waals surface area contributed by atoms with Crippen LogP contribution in [0.15, 0.2) is 42.5 Å². The monoisotopic (exact) mass is 302 g/mol. The summed E-state index contributed by atoms with van der Waals surface area (Å²) in [4.78, 5) is 0. The van der Waals surface area contributed by atoms with Crippen LogP contribution in [0.3, 0.4) is 0 Å². The van der Waals surface area contributed by atoms with Crippen LogP contribution in [0.2, 0.25) is 0 Å². The highest BCUT2D eigenvalue weighted by Crippen LogP contribution is 2.34. The van der Waals surface area contributed by atoms with Gasteiger partial charge in [-0.15, -0.1) is 0 Å². The van der Waals surface area contributed by atoms with Crippen molar-refractivity contribution in [1.82, 2.24) is 0 Å². The van der Waals surface area contributed by atoms with E-state index in [2.05, 4.69) is 0 Å². The van der Waals surface area contributed by atoms with Crippen LogP contribution < -0.4 is 9.47 Å². The van der Waals surface area contributed by atoms with Crippen molar-refractivity contribution in [2.45, 2.75) is 18.4 Å². The van der Waals surface area contributed by atoms with Crippen LogP contribution >= 0.6 is 0 Å². The highest BCUT2D eigenvalue weighted by atomic mass is 32.2. The first-order valence-electron chi connectivity index (χ1n) is 7.01. The molecule has 1 heterocycles. The zero-order chi connectivity index (χ0) is 14.7. The Morgan fingerprint density at radius 2 is 1.67 bits per heavy atom. The Hall–Kier alpha value is -1.81. The third-order valence-corrected chi connectivity index (χ3v) is 4.81. The summed E-state index contributed by atoms with van der Waals surface area (Å²) in [5, 5.41) is 0. The molecule has 3 nitrogen and oxygen atoms in total. The van der Waals surface area contributed by atoms with E-state index in [0.29, 0.717) is 24.7 Å². The predicted molar refractivity (Wildman–Crippen MR) is 84.2 cm³/mol. The minimum atomic E-state index is -0.966. The molecule has 0 N–H and O–H groups in total. The molecule has 1 unspecified atom stereocenters. The second kappa shape index (κ2) is 6.31. The fraction of sp³-hybridized carbons (Fsp3) is 0.294. The largest absolute Gasteiger partial charge is 0.486 e. The number of fused-ring (bicyclic) bond motifs is 1. The van der Waals surface area contributed by atoms with Gasteiger partial charge in [-0.3, -0.25) is 4.21 Å². The first-order valence-corrected chi connectivity index (χ1v) is 8.50. The summed E-state index contributed by atoms with van der Waals surface area (Å²) in [7, 11) is -0.966. The SMILES string of the molecule is Cc1ccccc1CS(=O)Cc1cccc2c1OCCO2. The Kier molecular flexibility index (Phi) is 4.25. The molecule has 3 rings (SSSR count). The lowest BCUT2D eigenvalue weighted by molar-refractivity contribution is 0.170. The van der Waals surface area contributed by atoms with E-state index in [1.807, 2.05) is 49.4 Å². The minimum Gasteiger partial charge on any atom is -0.486 e. The summed E-state index contributed by atoms with van der Waals surface area (Å²) < 4.78 is 23.7. The molecular weight excluding hydrogens is 284 g/mol. The van der Waals surface area contributed by atoms with Gasteiger partial charge in [-0.25, -0.2) is 0 Å². The zero-order valence-corrected chi connectivity index (χ0v) is 12.8. The molecule has 21 heavy (non-hydrogen) atoms. The molecule has 110 valence electrons. The maximum Gasteiger partial charge on any atom is 0.165 e. The Bertz CT molecular complexity index is 667. The Labute approximate surface area is 127 Å². The summed E-state index contributed by atoms with van der Waals surface area (Å²) in [6.45, 7) is 3.17. The van der Waals surface area contributed by atoms with Crippen molar-refractivity contribution in [2.75, 3.05) is 13.2 Å². The summed E-state index contributed by atoms with van der Waals surface area (Å²) in [6, 6.07) is 13.8. The molecule has 0 bridgehead atoms. The van der Waals surface area contributed by atoms with Crippen molar-refractivity contribution < 1.29 is 13.7 Å². The number of aryl methyl sites for hydroxylation is 1. The van der Waals surface area contributed by atoms with Gasteiger partial charge in [0.2, 0.25) is 0 Å². The molecular formula is C17H18O3S. The molecule has 1 aliphatic rings. The fourth-order valence-electron chi connectivity index (χ4n) is 2.42. The number of hydrogen-bond donors (Lipinski definition) is 0. The summed E-state index contributed by atoms with van der Waals surface area (Å²) in [5.41, 5.74) is 3.28. The van der Waals surface area contributed by atoms with Crippen LogP contribution in [-0.2, 0) is 22.3 Å². The van der Waals surface area contributed by atoms with Crippen molar-refractivity contribution >= 4 is 10.8 Å². The molecule has 2 aromatic carbocycles. The van der Waals surface area contributed by atoms with Gasteiger partial charge in [0.1, 0.15) is 13.2 Å². The van der Waals surface area contributed by atoms with Gasteiger partial charge in [-0.2, -0.15) is 0 Å². The van der Waals surface area contributed by atoms with Crippen LogP contribution in [0.4, 0.5) is 0 Å². The molecule has 2 aromatic rings. The van der Waals surface area contributed by atoms with Crippen molar-refractivity contribution in [3.8, 4) is 11.5 Å². The van der Waals surface area contributed by atoms with E-state index in [9.17, 15) is 4.21 Å². The van der Waals surface area contributed by atoms with E-state index < -0.39 is 10.8 Å². The van der Waals surface area contributed by atoms with Crippen LogP contribution in [0.25, 0.3) is 0 Å². The third kappa shape index (κ3) is 3.27. The summed E-state index contributed by atoms with van der Waals surface area (Å²) in [5.74, 6) is 2.56. The van der Waals surface area contributed by atoms with E-state index in [-0.39, 0.29) is 0 Å². The predicted octanol–water partition coefficient (Wildman–Crippen LogP) is 3.22. The topological polar surface area (TPSA) is 35.5 Å². The Morgan fingerprint density at radius 3 is 2.52 bits per heavy atom. The van der Waals surface area contributed by atoms with Gasteiger partial charge in [0.05, 0.1) is 5.75 Å². The molecule has 0 saturated heterocycles. The van der Waals surface area contributed by atoms with Gasteiger partial charge in [-0.05, 0) is 24.1 Å². The van der Waals surface area contributed by atoms with Gasteiger partial charge < -0.3 is 9.47 Å². The first kappa shape index (κ1) is 14.1. The minimum absolute atomic E-state index is 0.487. The molecule has 0 spiro atoms. The number of para-hydroxylation sites is 1. The summed E-state index contributed by atoms with van der Waals surface area (Å²) >= 11 is 0. The second-order valence-electron chi connectivity index (χ2n) is 5.10. The lowest BCUT2D eigenvalue weighted by atomic mass is 10.1. The number of ether oxygens (including phenoxy) is 2. The highest BCUT2D eigenvalue weighted by Gasteiger charge is 2.17. The Balaban J connectivity index is 1.75. The van der Waals surface area contributed by atoms with Gasteiger partial charge in [0, 0.05) is 22.1 Å². The lowest BCUT2D eigenvalue weighted by Gasteiger charge is -2.20. The van der Waals surface area contributed by atoms with Crippen molar-refractivity contribution in [2.24, 2.45) is 0 Å². The van der Waals surface area contributed by atoms with Crippen molar-refractivity contribution in [3.05, 3.63) is 59.2 Å². The van der Waals surface area contributed by atoms with E-state index in [1.54, 1.807) is 0 Å². The molecule has 1 atom stereocenters. The molecule has 4 heteroatoms. The van der Waals surface area contributed by atoms with Gasteiger partial charge in [0.15, 0.2) is 11.5 Å².